The van der Waals surface area contributed by atoms with Crippen LogP contribution in [0.15, 0.2) is 0 Å². The van der Waals surface area contributed by atoms with E-state index in [-0.39, 0.29) is 0 Å². The van der Waals surface area contributed by atoms with E-state index in [1.165, 1.54) is 0 Å². The molecule has 0 atom stereocenters. The van der Waals surface area contributed by atoms with E-state index in [0.29, 0.717) is 26.4 Å². The van der Waals surface area contributed by atoms with Crippen LogP contribution in [0.25, 0.3) is 0 Å². The molecular formula is C11H26N2O3. The van der Waals surface area contributed by atoms with Crippen molar-refractivity contribution < 1.29 is 14.2 Å². The predicted molar refractivity (Wildman–Crippen MR) is 64.9 cm³/mol. The van der Waals surface area contributed by atoms with Crippen molar-refractivity contribution in [3.05, 3.63) is 0 Å². The van der Waals surface area contributed by atoms with Crippen molar-refractivity contribution in [2.45, 2.75) is 0 Å². The second kappa shape index (κ2) is 12.9. The van der Waals surface area contributed by atoms with Gasteiger partial charge in [-0.3, -0.25) is 0 Å². The number of hydrogen-bond donors (Lipinski definition) is 1. The summed E-state index contributed by atoms with van der Waals surface area (Å²) in [5.41, 5.74) is 0. The van der Waals surface area contributed by atoms with Gasteiger partial charge in [-0.2, -0.15) is 0 Å². The van der Waals surface area contributed by atoms with Gasteiger partial charge in [0.1, 0.15) is 0 Å². The maximum atomic E-state index is 5.44. The lowest BCUT2D eigenvalue weighted by molar-refractivity contribution is 0.0209. The first-order chi connectivity index (χ1) is 7.81. The molecule has 0 aromatic rings. The summed E-state index contributed by atoms with van der Waals surface area (Å²) >= 11 is 0. The van der Waals surface area contributed by atoms with Gasteiger partial charge < -0.3 is 24.4 Å². The molecule has 0 unspecified atom stereocenters. The Labute approximate surface area is 99.0 Å². The largest absolute Gasteiger partial charge is 0.382 e. The van der Waals surface area contributed by atoms with Crippen LogP contribution in [-0.2, 0) is 14.2 Å². The maximum absolute atomic E-state index is 5.44. The van der Waals surface area contributed by atoms with Gasteiger partial charge in [-0.15, -0.1) is 0 Å². The molecule has 0 fully saturated rings. The number of rotatable bonds is 12. The Bertz CT molecular complexity index is 136. The van der Waals surface area contributed by atoms with Gasteiger partial charge >= 0.3 is 0 Å². The Balaban J connectivity index is 3.02. The molecule has 0 aliphatic heterocycles. The molecule has 16 heavy (non-hydrogen) atoms. The molecule has 0 bridgehead atoms. The fourth-order valence-corrected chi connectivity index (χ4v) is 1.10. The fourth-order valence-electron chi connectivity index (χ4n) is 1.10. The fraction of sp³-hybridized carbons (Fsp3) is 1.00. The van der Waals surface area contributed by atoms with Crippen LogP contribution in [0.3, 0.4) is 0 Å². The Hall–Kier alpha value is -0.200. The molecule has 0 heterocycles. The van der Waals surface area contributed by atoms with E-state index in [9.17, 15) is 0 Å². The minimum atomic E-state index is 0.641. The number of methoxy groups -OCH3 is 1. The van der Waals surface area contributed by atoms with Gasteiger partial charge in [-0.1, -0.05) is 0 Å². The first kappa shape index (κ1) is 15.8. The van der Waals surface area contributed by atoms with Crippen LogP contribution in [0.4, 0.5) is 0 Å². The summed E-state index contributed by atoms with van der Waals surface area (Å²) in [5.74, 6) is 0. The lowest BCUT2D eigenvalue weighted by atomic mass is 10.5. The molecule has 0 spiro atoms. The van der Waals surface area contributed by atoms with Crippen molar-refractivity contribution in [3.8, 4) is 0 Å². The van der Waals surface area contributed by atoms with Crippen LogP contribution in [0.5, 0.6) is 0 Å². The molecular weight excluding hydrogens is 208 g/mol. The van der Waals surface area contributed by atoms with Crippen LogP contribution in [0, 0.1) is 0 Å². The minimum Gasteiger partial charge on any atom is -0.382 e. The van der Waals surface area contributed by atoms with Crippen LogP contribution in [0.2, 0.25) is 0 Å². The highest BCUT2D eigenvalue weighted by molar-refractivity contribution is 4.51. The van der Waals surface area contributed by atoms with E-state index >= 15 is 0 Å². The quantitative estimate of drug-likeness (QED) is 0.474. The third kappa shape index (κ3) is 11.9. The summed E-state index contributed by atoms with van der Waals surface area (Å²) in [5, 5.41) is 3.11. The van der Waals surface area contributed by atoms with Crippen molar-refractivity contribution in [1.82, 2.24) is 10.2 Å². The molecule has 0 aromatic heterocycles. The van der Waals surface area contributed by atoms with E-state index in [1.807, 2.05) is 7.05 Å². The third-order valence-corrected chi connectivity index (χ3v) is 2.16. The second-order valence-corrected chi connectivity index (χ2v) is 3.62. The second-order valence-electron chi connectivity index (χ2n) is 3.62. The standard InChI is InChI=1S/C11H26N2O3/c1-12-4-5-13(2)6-7-15-10-11-16-9-8-14-3/h12H,4-11H2,1-3H3. The SMILES string of the molecule is CNCCN(C)CCOCCOCCOC. The van der Waals surface area contributed by atoms with Gasteiger partial charge in [0.2, 0.25) is 0 Å². The topological polar surface area (TPSA) is 43.0 Å². The van der Waals surface area contributed by atoms with Gasteiger partial charge in [-0.25, -0.2) is 0 Å². The lowest BCUT2D eigenvalue weighted by Gasteiger charge is -2.16. The zero-order valence-electron chi connectivity index (χ0n) is 10.8. The Morgan fingerprint density at radius 2 is 1.56 bits per heavy atom. The Kier molecular flexibility index (Phi) is 12.7. The molecule has 0 saturated heterocycles. The summed E-state index contributed by atoms with van der Waals surface area (Å²) in [6.45, 7) is 6.36. The zero-order valence-corrected chi connectivity index (χ0v) is 10.8. The third-order valence-electron chi connectivity index (χ3n) is 2.16. The minimum absolute atomic E-state index is 0.641. The van der Waals surface area contributed by atoms with Crippen molar-refractivity contribution in [3.63, 3.8) is 0 Å². The highest BCUT2D eigenvalue weighted by Gasteiger charge is 1.96. The van der Waals surface area contributed by atoms with Crippen molar-refractivity contribution in [2.75, 3.05) is 73.9 Å². The van der Waals surface area contributed by atoms with Crippen LogP contribution >= 0.6 is 0 Å². The molecule has 0 aromatic carbocycles. The van der Waals surface area contributed by atoms with Crippen LogP contribution in [0.1, 0.15) is 0 Å². The number of likely N-dealkylation sites (N-methyl/N-ethyl adjacent to an activating group) is 2. The molecule has 0 rings (SSSR count). The van der Waals surface area contributed by atoms with E-state index in [4.69, 9.17) is 14.2 Å². The molecule has 1 N–H and O–H groups in total. The molecule has 0 aliphatic carbocycles. The number of hydrogen-bond acceptors (Lipinski definition) is 5. The molecule has 98 valence electrons. The predicted octanol–water partition coefficient (Wildman–Crippen LogP) is -0.183. The highest BCUT2D eigenvalue weighted by atomic mass is 16.5. The molecule has 0 aliphatic rings. The average Bonchev–Trinajstić information content (AvgIpc) is 2.30. The van der Waals surface area contributed by atoms with E-state index in [1.54, 1.807) is 7.11 Å². The number of ether oxygens (including phenoxy) is 3. The van der Waals surface area contributed by atoms with E-state index in [0.717, 1.165) is 26.2 Å². The Morgan fingerprint density at radius 1 is 0.938 bits per heavy atom. The highest BCUT2D eigenvalue weighted by Crippen LogP contribution is 1.84. The molecule has 5 nitrogen and oxygen atoms in total. The maximum Gasteiger partial charge on any atom is 0.0701 e. The number of nitrogens with zero attached hydrogens (tertiary/aromatic N) is 1. The average molecular weight is 234 g/mol. The molecule has 0 radical (unpaired) electrons. The number of nitrogens with one attached hydrogen (secondary N) is 1. The van der Waals surface area contributed by atoms with Crippen LogP contribution in [-0.4, -0.2) is 78.8 Å². The molecule has 0 saturated carbocycles. The van der Waals surface area contributed by atoms with Gasteiger partial charge in [0.05, 0.1) is 33.0 Å². The van der Waals surface area contributed by atoms with Gasteiger partial charge in [0.25, 0.3) is 0 Å². The monoisotopic (exact) mass is 234 g/mol. The zero-order chi connectivity index (χ0) is 12.1. The first-order valence-electron chi connectivity index (χ1n) is 5.78. The van der Waals surface area contributed by atoms with Gasteiger partial charge in [-0.05, 0) is 14.1 Å². The van der Waals surface area contributed by atoms with Gasteiger partial charge in [0.15, 0.2) is 0 Å². The van der Waals surface area contributed by atoms with Crippen molar-refractivity contribution in [2.24, 2.45) is 0 Å². The van der Waals surface area contributed by atoms with E-state index < -0.39 is 0 Å². The summed E-state index contributed by atoms with van der Waals surface area (Å²) in [4.78, 5) is 2.24. The summed E-state index contributed by atoms with van der Waals surface area (Å²) in [6.07, 6.45) is 0. The van der Waals surface area contributed by atoms with E-state index in [2.05, 4.69) is 17.3 Å². The summed E-state index contributed by atoms with van der Waals surface area (Å²) in [6, 6.07) is 0. The van der Waals surface area contributed by atoms with Crippen LogP contribution < -0.4 is 5.32 Å². The van der Waals surface area contributed by atoms with Crippen molar-refractivity contribution in [1.29, 1.82) is 0 Å². The van der Waals surface area contributed by atoms with Gasteiger partial charge in [0, 0.05) is 26.7 Å². The molecule has 5 heteroatoms. The smallest absolute Gasteiger partial charge is 0.0701 e. The van der Waals surface area contributed by atoms with Crippen molar-refractivity contribution >= 4 is 0 Å². The summed E-state index contributed by atoms with van der Waals surface area (Å²) in [7, 11) is 5.72. The Morgan fingerprint density at radius 3 is 2.19 bits per heavy atom. The normalized spacial score (nSPS) is 11.2. The molecule has 0 amide bonds. The first-order valence-corrected chi connectivity index (χ1v) is 5.78. The lowest BCUT2D eigenvalue weighted by Crippen LogP contribution is -2.30. The summed E-state index contributed by atoms with van der Waals surface area (Å²) < 4.78 is 15.6.